The van der Waals surface area contributed by atoms with Gasteiger partial charge < -0.3 is 24.8 Å². The molecule has 8 nitrogen and oxygen atoms in total. The lowest BCUT2D eigenvalue weighted by Crippen LogP contribution is -2.47. The Bertz CT molecular complexity index is 643. The Balaban J connectivity index is 1.78. The van der Waals surface area contributed by atoms with Crippen LogP contribution in [0.25, 0.3) is 0 Å². The van der Waals surface area contributed by atoms with Crippen molar-refractivity contribution in [2.45, 2.75) is 32.5 Å². The van der Waals surface area contributed by atoms with Crippen molar-refractivity contribution < 1.29 is 28.6 Å². The number of amides is 1. The van der Waals surface area contributed by atoms with E-state index in [0.29, 0.717) is 32.5 Å². The summed E-state index contributed by atoms with van der Waals surface area (Å²) < 4.78 is 15.6. The highest BCUT2D eigenvalue weighted by atomic mass is 16.6. The highest BCUT2D eigenvalue weighted by Gasteiger charge is 2.33. The number of rotatable bonds is 9. The van der Waals surface area contributed by atoms with Crippen LogP contribution in [0.15, 0.2) is 30.3 Å². The average molecular weight is 392 g/mol. The molecule has 0 aliphatic carbocycles. The van der Waals surface area contributed by atoms with Crippen LogP contribution in [0.1, 0.15) is 25.3 Å². The maximum atomic E-state index is 12.7. The molecule has 8 heteroatoms. The minimum absolute atomic E-state index is 0.0936. The minimum atomic E-state index is -1.01. The van der Waals surface area contributed by atoms with Crippen molar-refractivity contribution in [2.75, 3.05) is 32.8 Å². The molecule has 0 aromatic heterocycles. The zero-order valence-electron chi connectivity index (χ0n) is 16.2. The number of carbonyl (C=O) groups is 3. The zero-order chi connectivity index (χ0) is 20.4. The summed E-state index contributed by atoms with van der Waals surface area (Å²) in [6.45, 7) is 2.84. The number of nitrogens with zero attached hydrogens (tertiary/aromatic N) is 1. The molecule has 1 heterocycles. The largest absolute Gasteiger partial charge is 0.464 e. The zero-order valence-corrected chi connectivity index (χ0v) is 16.2. The van der Waals surface area contributed by atoms with Gasteiger partial charge in [0.15, 0.2) is 0 Å². The molecule has 154 valence electrons. The first-order valence-electron chi connectivity index (χ1n) is 9.51. The number of hydrogen-bond donors (Lipinski definition) is 1. The summed E-state index contributed by atoms with van der Waals surface area (Å²) in [6.07, 6.45) is 1.05. The maximum Gasteiger partial charge on any atom is 0.332 e. The van der Waals surface area contributed by atoms with Gasteiger partial charge in [-0.1, -0.05) is 30.3 Å². The van der Waals surface area contributed by atoms with Crippen molar-refractivity contribution in [3.05, 3.63) is 35.9 Å². The first kappa shape index (κ1) is 21.8. The monoisotopic (exact) mass is 392 g/mol. The van der Waals surface area contributed by atoms with Gasteiger partial charge in [0.1, 0.15) is 19.1 Å². The molecule has 1 fully saturated rings. The van der Waals surface area contributed by atoms with Gasteiger partial charge in [0.2, 0.25) is 5.91 Å². The van der Waals surface area contributed by atoms with Crippen molar-refractivity contribution in [3.8, 4) is 0 Å². The van der Waals surface area contributed by atoms with E-state index in [2.05, 4.69) is 0 Å². The normalized spacial score (nSPS) is 15.7. The topological polar surface area (TPSA) is 108 Å². The lowest BCUT2D eigenvalue weighted by atomic mass is 10.0. The Hall–Kier alpha value is -2.45. The van der Waals surface area contributed by atoms with Crippen LogP contribution in [0.3, 0.4) is 0 Å². The summed E-state index contributed by atoms with van der Waals surface area (Å²) in [5.74, 6) is -2.35. The van der Waals surface area contributed by atoms with E-state index in [1.54, 1.807) is 11.8 Å². The SMILES string of the molecule is CCOC(=O)COC1CCN(C(=O)[C@H](CN)C(=O)OCc2ccccc2)CC1. The van der Waals surface area contributed by atoms with Gasteiger partial charge in [-0.25, -0.2) is 4.79 Å². The van der Waals surface area contributed by atoms with Gasteiger partial charge in [-0.3, -0.25) is 9.59 Å². The Kier molecular flexibility index (Phi) is 8.90. The molecule has 0 bridgehead atoms. The van der Waals surface area contributed by atoms with E-state index in [0.717, 1.165) is 5.56 Å². The van der Waals surface area contributed by atoms with Crippen LogP contribution in [-0.2, 0) is 35.2 Å². The van der Waals surface area contributed by atoms with E-state index in [1.165, 1.54) is 0 Å². The molecule has 1 amide bonds. The van der Waals surface area contributed by atoms with Crippen LogP contribution in [0.2, 0.25) is 0 Å². The predicted octanol–water partition coefficient (Wildman–Crippen LogP) is 0.875. The van der Waals surface area contributed by atoms with Crippen molar-refractivity contribution in [2.24, 2.45) is 11.7 Å². The van der Waals surface area contributed by atoms with Crippen molar-refractivity contribution >= 4 is 17.8 Å². The number of carbonyl (C=O) groups excluding carboxylic acids is 3. The van der Waals surface area contributed by atoms with Gasteiger partial charge in [0.05, 0.1) is 12.7 Å². The van der Waals surface area contributed by atoms with Gasteiger partial charge in [0, 0.05) is 19.6 Å². The summed E-state index contributed by atoms with van der Waals surface area (Å²) >= 11 is 0. The molecule has 1 aliphatic heterocycles. The summed E-state index contributed by atoms with van der Waals surface area (Å²) in [5.41, 5.74) is 6.51. The van der Waals surface area contributed by atoms with Gasteiger partial charge in [-0.2, -0.15) is 0 Å². The fourth-order valence-corrected chi connectivity index (χ4v) is 2.98. The molecular weight excluding hydrogens is 364 g/mol. The standard InChI is InChI=1S/C20H28N2O6/c1-2-26-18(23)14-27-16-8-10-22(11-9-16)19(24)17(12-21)20(25)28-13-15-6-4-3-5-7-15/h3-7,16-17H,2,8-14,21H2,1H3/t17-/m0/s1. The molecule has 1 aromatic carbocycles. The molecule has 1 atom stereocenters. The van der Waals surface area contributed by atoms with E-state index in [9.17, 15) is 14.4 Å². The number of ether oxygens (including phenoxy) is 3. The molecule has 28 heavy (non-hydrogen) atoms. The van der Waals surface area contributed by atoms with Crippen LogP contribution in [0, 0.1) is 5.92 Å². The average Bonchev–Trinajstić information content (AvgIpc) is 2.72. The molecule has 2 N–H and O–H groups in total. The smallest absolute Gasteiger partial charge is 0.332 e. The number of esters is 2. The number of likely N-dealkylation sites (tertiary alicyclic amines) is 1. The van der Waals surface area contributed by atoms with Crippen molar-refractivity contribution in [1.29, 1.82) is 0 Å². The molecule has 0 unspecified atom stereocenters. The van der Waals surface area contributed by atoms with Crippen LogP contribution in [0.5, 0.6) is 0 Å². The van der Waals surface area contributed by atoms with Crippen molar-refractivity contribution in [1.82, 2.24) is 4.90 Å². The third-order valence-electron chi connectivity index (χ3n) is 4.54. The third kappa shape index (κ3) is 6.61. The lowest BCUT2D eigenvalue weighted by Gasteiger charge is -2.33. The Morgan fingerprint density at radius 3 is 2.43 bits per heavy atom. The van der Waals surface area contributed by atoms with Gasteiger partial charge >= 0.3 is 11.9 Å². The molecule has 1 aliphatic rings. The molecule has 1 saturated heterocycles. The molecule has 1 aromatic rings. The Morgan fingerprint density at radius 2 is 1.82 bits per heavy atom. The van der Waals surface area contributed by atoms with Crippen LogP contribution in [0.4, 0.5) is 0 Å². The van der Waals surface area contributed by atoms with Crippen molar-refractivity contribution in [3.63, 3.8) is 0 Å². The number of piperidine rings is 1. The second-order valence-electron chi connectivity index (χ2n) is 6.52. The minimum Gasteiger partial charge on any atom is -0.464 e. The van der Waals surface area contributed by atoms with Crippen LogP contribution in [-0.4, -0.2) is 61.7 Å². The first-order valence-corrected chi connectivity index (χ1v) is 9.51. The Labute approximate surface area is 164 Å². The van der Waals surface area contributed by atoms with Crippen LogP contribution < -0.4 is 5.73 Å². The van der Waals surface area contributed by atoms with E-state index < -0.39 is 17.9 Å². The molecule has 2 rings (SSSR count). The molecule has 0 saturated carbocycles. The van der Waals surface area contributed by atoms with Gasteiger partial charge in [0.25, 0.3) is 0 Å². The summed E-state index contributed by atoms with van der Waals surface area (Å²) in [7, 11) is 0. The fourth-order valence-electron chi connectivity index (χ4n) is 2.98. The van der Waals surface area contributed by atoms with E-state index in [1.807, 2.05) is 30.3 Å². The number of benzene rings is 1. The molecule has 0 spiro atoms. The number of nitrogens with two attached hydrogens (primary N) is 1. The molecule has 0 radical (unpaired) electrons. The maximum absolute atomic E-state index is 12.7. The van der Waals surface area contributed by atoms with Gasteiger partial charge in [-0.15, -0.1) is 0 Å². The highest BCUT2D eigenvalue weighted by molar-refractivity contribution is 5.98. The second-order valence-corrected chi connectivity index (χ2v) is 6.52. The first-order chi connectivity index (χ1) is 13.5. The lowest BCUT2D eigenvalue weighted by molar-refractivity contribution is -0.159. The third-order valence-corrected chi connectivity index (χ3v) is 4.54. The van der Waals surface area contributed by atoms with E-state index in [-0.39, 0.29) is 31.8 Å². The Morgan fingerprint density at radius 1 is 1.14 bits per heavy atom. The fraction of sp³-hybridized carbons (Fsp3) is 0.550. The number of hydrogen-bond acceptors (Lipinski definition) is 7. The quantitative estimate of drug-likeness (QED) is 0.491. The predicted molar refractivity (Wildman–Crippen MR) is 101 cm³/mol. The summed E-state index contributed by atoms with van der Waals surface area (Å²) in [5, 5.41) is 0. The summed E-state index contributed by atoms with van der Waals surface area (Å²) in [6, 6.07) is 9.25. The van der Waals surface area contributed by atoms with E-state index in [4.69, 9.17) is 19.9 Å². The summed E-state index contributed by atoms with van der Waals surface area (Å²) in [4.78, 5) is 37.9. The second kappa shape index (κ2) is 11.4. The molecular formula is C20H28N2O6. The van der Waals surface area contributed by atoms with Crippen LogP contribution >= 0.6 is 0 Å². The van der Waals surface area contributed by atoms with E-state index >= 15 is 0 Å². The van der Waals surface area contributed by atoms with Gasteiger partial charge in [-0.05, 0) is 25.3 Å². The highest BCUT2D eigenvalue weighted by Crippen LogP contribution is 2.17.